The zero-order valence-corrected chi connectivity index (χ0v) is 13.1. The highest BCUT2D eigenvalue weighted by Crippen LogP contribution is 2.31. The van der Waals surface area contributed by atoms with Gasteiger partial charge in [-0.05, 0) is 38.9 Å². The van der Waals surface area contributed by atoms with E-state index in [2.05, 4.69) is 31.9 Å². The Kier molecular flexibility index (Phi) is 6.27. The summed E-state index contributed by atoms with van der Waals surface area (Å²) in [6.07, 6.45) is 0.894. The summed E-state index contributed by atoms with van der Waals surface area (Å²) in [6, 6.07) is 8.16. The van der Waals surface area contributed by atoms with Gasteiger partial charge in [-0.1, -0.05) is 29.8 Å². The second kappa shape index (κ2) is 7.25. The largest absolute Gasteiger partial charge is 0.385 e. The lowest BCUT2D eigenvalue weighted by Gasteiger charge is -2.42. The lowest BCUT2D eigenvalue weighted by molar-refractivity contribution is 0.0616. The fraction of sp³-hybridized carbons (Fsp3) is 0.600. The molecule has 0 aliphatic heterocycles. The number of methoxy groups -OCH3 is 1. The number of likely N-dealkylation sites (N-methyl/N-ethyl adjacent to an activating group) is 1. The quantitative estimate of drug-likeness (QED) is 0.836. The summed E-state index contributed by atoms with van der Waals surface area (Å²) >= 11 is 6.28. The molecule has 0 bridgehead atoms. The van der Waals surface area contributed by atoms with Crippen LogP contribution in [-0.2, 0) is 4.74 Å². The minimum absolute atomic E-state index is 0.103. The molecule has 0 spiro atoms. The smallest absolute Gasteiger partial charge is 0.0480 e. The number of hydrogen-bond donors (Lipinski definition) is 1. The summed E-state index contributed by atoms with van der Waals surface area (Å²) in [4.78, 5) is 2.28. The van der Waals surface area contributed by atoms with E-state index in [1.54, 1.807) is 7.11 Å². The first kappa shape index (κ1) is 16.4. The molecule has 0 aliphatic carbocycles. The van der Waals surface area contributed by atoms with E-state index in [4.69, 9.17) is 22.1 Å². The first-order valence-electron chi connectivity index (χ1n) is 6.62. The zero-order valence-electron chi connectivity index (χ0n) is 12.3. The highest BCUT2D eigenvalue weighted by molar-refractivity contribution is 6.31. The molecule has 4 heteroatoms. The second-order valence-corrected chi connectivity index (χ2v) is 5.66. The lowest BCUT2D eigenvalue weighted by atomic mass is 9.93. The van der Waals surface area contributed by atoms with Gasteiger partial charge in [-0.25, -0.2) is 0 Å². The van der Waals surface area contributed by atoms with E-state index < -0.39 is 0 Å². The van der Waals surface area contributed by atoms with Crippen molar-refractivity contribution in [2.45, 2.75) is 31.8 Å². The first-order chi connectivity index (χ1) is 8.96. The van der Waals surface area contributed by atoms with Crippen LogP contribution in [0.3, 0.4) is 0 Å². The van der Waals surface area contributed by atoms with Crippen LogP contribution in [0.5, 0.6) is 0 Å². The molecule has 0 saturated heterocycles. The Morgan fingerprint density at radius 2 is 2.05 bits per heavy atom. The Hall–Kier alpha value is -0.610. The predicted molar refractivity (Wildman–Crippen MR) is 81.6 cm³/mol. The number of benzene rings is 1. The van der Waals surface area contributed by atoms with Crippen molar-refractivity contribution >= 4 is 11.6 Å². The van der Waals surface area contributed by atoms with Crippen molar-refractivity contribution in [1.29, 1.82) is 0 Å². The molecule has 0 aliphatic rings. The third-order valence-corrected chi connectivity index (χ3v) is 4.42. The molecule has 0 fully saturated rings. The van der Waals surface area contributed by atoms with Crippen molar-refractivity contribution in [1.82, 2.24) is 4.90 Å². The van der Waals surface area contributed by atoms with Crippen molar-refractivity contribution in [2.75, 3.05) is 27.3 Å². The lowest BCUT2D eigenvalue weighted by Crippen LogP contribution is -2.51. The summed E-state index contributed by atoms with van der Waals surface area (Å²) in [5.41, 5.74) is 7.00. The molecule has 0 radical (unpaired) electrons. The van der Waals surface area contributed by atoms with Gasteiger partial charge < -0.3 is 10.5 Å². The van der Waals surface area contributed by atoms with Gasteiger partial charge in [0.15, 0.2) is 0 Å². The van der Waals surface area contributed by atoms with Gasteiger partial charge in [-0.3, -0.25) is 4.90 Å². The van der Waals surface area contributed by atoms with Gasteiger partial charge in [0, 0.05) is 36.9 Å². The monoisotopic (exact) mass is 284 g/mol. The van der Waals surface area contributed by atoms with Crippen LogP contribution >= 0.6 is 11.6 Å². The highest BCUT2D eigenvalue weighted by Gasteiger charge is 2.31. The van der Waals surface area contributed by atoms with Crippen LogP contribution in [0.2, 0.25) is 5.02 Å². The minimum atomic E-state index is -0.103. The molecule has 0 saturated carbocycles. The number of nitrogens with two attached hydrogens (primary N) is 1. The maximum absolute atomic E-state index is 6.28. The van der Waals surface area contributed by atoms with Gasteiger partial charge in [0.05, 0.1) is 0 Å². The van der Waals surface area contributed by atoms with Crippen LogP contribution in [0.25, 0.3) is 0 Å². The van der Waals surface area contributed by atoms with E-state index in [9.17, 15) is 0 Å². The molecule has 108 valence electrons. The second-order valence-electron chi connectivity index (χ2n) is 5.25. The Balaban J connectivity index is 2.91. The summed E-state index contributed by atoms with van der Waals surface area (Å²) in [5, 5.41) is 0.799. The normalized spacial score (nSPS) is 16.4. The number of halogens is 1. The molecule has 1 aromatic carbocycles. The van der Waals surface area contributed by atoms with Gasteiger partial charge in [0.1, 0.15) is 0 Å². The Morgan fingerprint density at radius 3 is 2.58 bits per heavy atom. The third kappa shape index (κ3) is 3.93. The van der Waals surface area contributed by atoms with Crippen molar-refractivity contribution < 1.29 is 4.74 Å². The van der Waals surface area contributed by atoms with Gasteiger partial charge >= 0.3 is 0 Å². The molecule has 1 aromatic rings. The van der Waals surface area contributed by atoms with Gasteiger partial charge in [0.25, 0.3) is 0 Å². The topological polar surface area (TPSA) is 38.5 Å². The van der Waals surface area contributed by atoms with Crippen molar-refractivity contribution in [3.05, 3.63) is 34.9 Å². The number of nitrogens with zero attached hydrogens (tertiary/aromatic N) is 1. The fourth-order valence-corrected chi connectivity index (χ4v) is 2.53. The molecule has 2 unspecified atom stereocenters. The first-order valence-corrected chi connectivity index (χ1v) is 7.00. The summed E-state index contributed by atoms with van der Waals surface area (Å²) in [5.74, 6) is 0. The molecule has 0 amide bonds. The van der Waals surface area contributed by atoms with Gasteiger partial charge in [0.2, 0.25) is 0 Å². The SMILES string of the molecule is COCCC(C)(CN)N(C)C(C)c1ccccc1Cl. The van der Waals surface area contributed by atoms with Crippen LogP contribution < -0.4 is 5.73 Å². The van der Waals surface area contributed by atoms with Crippen LogP contribution in [0.4, 0.5) is 0 Å². The van der Waals surface area contributed by atoms with Gasteiger partial charge in [-0.15, -0.1) is 0 Å². The summed E-state index contributed by atoms with van der Waals surface area (Å²) < 4.78 is 5.19. The van der Waals surface area contributed by atoms with E-state index in [-0.39, 0.29) is 11.6 Å². The summed E-state index contributed by atoms with van der Waals surface area (Å²) in [6.45, 7) is 5.61. The molecule has 1 rings (SSSR count). The van der Waals surface area contributed by atoms with E-state index in [1.165, 1.54) is 0 Å². The standard InChI is InChI=1S/C15H25ClN2O/c1-12(13-7-5-6-8-14(13)16)18(3)15(2,11-17)9-10-19-4/h5-8,12H,9-11,17H2,1-4H3. The molecule has 19 heavy (non-hydrogen) atoms. The minimum Gasteiger partial charge on any atom is -0.385 e. The zero-order chi connectivity index (χ0) is 14.5. The molecule has 2 N–H and O–H groups in total. The third-order valence-electron chi connectivity index (χ3n) is 4.07. The molecular weight excluding hydrogens is 260 g/mol. The average Bonchev–Trinajstić information content (AvgIpc) is 2.43. The van der Waals surface area contributed by atoms with Crippen LogP contribution in [0.15, 0.2) is 24.3 Å². The molecule has 0 heterocycles. The Bertz CT molecular complexity index is 399. The Morgan fingerprint density at radius 1 is 1.42 bits per heavy atom. The van der Waals surface area contributed by atoms with Crippen molar-refractivity contribution in [2.24, 2.45) is 5.73 Å². The predicted octanol–water partition coefficient (Wildman–Crippen LogP) is 3.09. The number of rotatable bonds is 7. The molecular formula is C15H25ClN2O. The van der Waals surface area contributed by atoms with Crippen LogP contribution in [0, 0.1) is 0 Å². The molecule has 3 nitrogen and oxygen atoms in total. The van der Waals surface area contributed by atoms with E-state index in [0.717, 1.165) is 17.0 Å². The van der Waals surface area contributed by atoms with Crippen LogP contribution in [0.1, 0.15) is 31.9 Å². The number of ether oxygens (including phenoxy) is 1. The molecule has 2 atom stereocenters. The summed E-state index contributed by atoms with van der Waals surface area (Å²) in [7, 11) is 3.81. The Labute approximate surface area is 121 Å². The van der Waals surface area contributed by atoms with E-state index in [1.807, 2.05) is 18.2 Å². The van der Waals surface area contributed by atoms with Gasteiger partial charge in [-0.2, -0.15) is 0 Å². The van der Waals surface area contributed by atoms with Crippen molar-refractivity contribution in [3.63, 3.8) is 0 Å². The maximum atomic E-state index is 6.28. The van der Waals surface area contributed by atoms with Crippen molar-refractivity contribution in [3.8, 4) is 0 Å². The highest BCUT2D eigenvalue weighted by atomic mass is 35.5. The van der Waals surface area contributed by atoms with Crippen LogP contribution in [-0.4, -0.2) is 37.7 Å². The fourth-order valence-electron chi connectivity index (χ4n) is 2.23. The molecule has 0 aromatic heterocycles. The maximum Gasteiger partial charge on any atom is 0.0480 e. The van der Waals surface area contributed by atoms with E-state index in [0.29, 0.717) is 13.2 Å². The average molecular weight is 285 g/mol. The van der Waals surface area contributed by atoms with E-state index >= 15 is 0 Å². The number of hydrogen-bond acceptors (Lipinski definition) is 3.